The first-order valence-electron chi connectivity index (χ1n) is 10.1. The number of aryl methyl sites for hydroxylation is 1. The third-order valence-corrected chi connectivity index (χ3v) is 5.31. The van der Waals surface area contributed by atoms with Gasteiger partial charge in [0.1, 0.15) is 5.58 Å². The molecule has 1 fully saturated rings. The maximum atomic E-state index is 12.7. The molecule has 1 aromatic heterocycles. The summed E-state index contributed by atoms with van der Waals surface area (Å²) in [5.74, 6) is -0.0140. The molecule has 4 rings (SSSR count). The van der Waals surface area contributed by atoms with Crippen molar-refractivity contribution >= 4 is 34.3 Å². The molecule has 1 aliphatic rings. The number of carbonyl (C=O) groups excluding carboxylic acids is 2. The summed E-state index contributed by atoms with van der Waals surface area (Å²) in [6.45, 7) is 3.44. The van der Waals surface area contributed by atoms with Crippen molar-refractivity contribution in [1.82, 2.24) is 4.90 Å². The van der Waals surface area contributed by atoms with Gasteiger partial charge in [-0.05, 0) is 44.0 Å². The molecule has 2 N–H and O–H groups in total. The summed E-state index contributed by atoms with van der Waals surface area (Å²) in [7, 11) is 0. The van der Waals surface area contributed by atoms with E-state index >= 15 is 0 Å². The van der Waals surface area contributed by atoms with Crippen LogP contribution in [0.4, 0.5) is 16.2 Å². The van der Waals surface area contributed by atoms with Gasteiger partial charge in [0.05, 0.1) is 0 Å². The second-order valence-electron chi connectivity index (χ2n) is 7.42. The summed E-state index contributed by atoms with van der Waals surface area (Å²) in [4.78, 5) is 27.1. The maximum Gasteiger partial charge on any atom is 0.321 e. The van der Waals surface area contributed by atoms with E-state index in [4.69, 9.17) is 4.42 Å². The number of carbonyl (C=O) groups is 2. The first kappa shape index (κ1) is 19.1. The fourth-order valence-corrected chi connectivity index (χ4v) is 3.73. The van der Waals surface area contributed by atoms with Crippen LogP contribution in [0.15, 0.2) is 52.9 Å². The molecule has 6 heteroatoms. The minimum atomic E-state index is -0.310. The van der Waals surface area contributed by atoms with Gasteiger partial charge in [0.25, 0.3) is 5.91 Å². The molecule has 0 unspecified atom stereocenters. The van der Waals surface area contributed by atoms with Crippen molar-refractivity contribution in [3.05, 3.63) is 59.9 Å². The fraction of sp³-hybridized carbons (Fsp3) is 0.304. The molecule has 2 heterocycles. The second-order valence-corrected chi connectivity index (χ2v) is 7.42. The van der Waals surface area contributed by atoms with Gasteiger partial charge in [-0.15, -0.1) is 0 Å². The van der Waals surface area contributed by atoms with Gasteiger partial charge in [0, 0.05) is 35.4 Å². The van der Waals surface area contributed by atoms with Gasteiger partial charge in [-0.25, -0.2) is 4.79 Å². The van der Waals surface area contributed by atoms with Crippen LogP contribution in [-0.2, 0) is 0 Å². The van der Waals surface area contributed by atoms with Crippen molar-refractivity contribution in [2.45, 2.75) is 32.6 Å². The van der Waals surface area contributed by atoms with E-state index in [1.807, 2.05) is 42.2 Å². The number of nitrogens with zero attached hydrogens (tertiary/aromatic N) is 1. The number of para-hydroxylation sites is 1. The van der Waals surface area contributed by atoms with Gasteiger partial charge in [-0.3, -0.25) is 4.79 Å². The molecular weight excluding hydrogens is 366 g/mol. The number of hydrogen-bond donors (Lipinski definition) is 2. The zero-order chi connectivity index (χ0) is 20.2. The topological polar surface area (TPSA) is 74.6 Å². The predicted octanol–water partition coefficient (Wildman–Crippen LogP) is 5.40. The number of anilines is 2. The van der Waals surface area contributed by atoms with Crippen LogP contribution in [0, 0.1) is 6.92 Å². The van der Waals surface area contributed by atoms with Gasteiger partial charge >= 0.3 is 6.03 Å². The molecule has 150 valence electrons. The van der Waals surface area contributed by atoms with Gasteiger partial charge in [0.15, 0.2) is 5.76 Å². The summed E-state index contributed by atoms with van der Waals surface area (Å²) in [6.07, 6.45) is 4.43. The lowest BCUT2D eigenvalue weighted by Crippen LogP contribution is -2.35. The highest BCUT2D eigenvalue weighted by Gasteiger charge is 2.18. The highest BCUT2D eigenvalue weighted by atomic mass is 16.3. The van der Waals surface area contributed by atoms with Crippen LogP contribution >= 0.6 is 0 Å². The zero-order valence-corrected chi connectivity index (χ0v) is 16.5. The Labute approximate surface area is 169 Å². The van der Waals surface area contributed by atoms with Crippen LogP contribution in [0.3, 0.4) is 0 Å². The lowest BCUT2D eigenvalue weighted by Gasteiger charge is -2.21. The number of amides is 3. The Morgan fingerprint density at radius 2 is 1.59 bits per heavy atom. The third-order valence-electron chi connectivity index (χ3n) is 5.31. The molecule has 1 aliphatic heterocycles. The van der Waals surface area contributed by atoms with Crippen LogP contribution in [0.2, 0.25) is 0 Å². The maximum absolute atomic E-state index is 12.7. The number of nitrogens with one attached hydrogen (secondary N) is 2. The van der Waals surface area contributed by atoms with Crippen molar-refractivity contribution in [1.29, 1.82) is 0 Å². The normalized spacial score (nSPS) is 14.4. The molecule has 1 saturated heterocycles. The zero-order valence-electron chi connectivity index (χ0n) is 16.5. The number of rotatable bonds is 3. The molecule has 0 aliphatic carbocycles. The molecule has 0 saturated carbocycles. The van der Waals surface area contributed by atoms with Gasteiger partial charge in [-0.1, -0.05) is 37.1 Å². The number of urea groups is 1. The average Bonchev–Trinajstić information content (AvgIpc) is 2.89. The van der Waals surface area contributed by atoms with Crippen LogP contribution in [-0.4, -0.2) is 29.9 Å². The Balaban J connectivity index is 1.46. The SMILES string of the molecule is Cc1c(C(=O)Nc2cccc(NC(=O)N3CCCCCC3)c2)oc2ccccc12. The molecule has 0 spiro atoms. The minimum absolute atomic E-state index is 0.0940. The number of furan rings is 1. The van der Waals surface area contributed by atoms with E-state index in [-0.39, 0.29) is 11.9 Å². The van der Waals surface area contributed by atoms with Crippen molar-refractivity contribution < 1.29 is 14.0 Å². The first-order valence-corrected chi connectivity index (χ1v) is 10.1. The molecule has 2 aromatic carbocycles. The number of hydrogen-bond acceptors (Lipinski definition) is 3. The Morgan fingerprint density at radius 3 is 2.31 bits per heavy atom. The largest absolute Gasteiger partial charge is 0.451 e. The van der Waals surface area contributed by atoms with Gasteiger partial charge in [-0.2, -0.15) is 0 Å². The van der Waals surface area contributed by atoms with Crippen molar-refractivity contribution in [3.63, 3.8) is 0 Å². The summed E-state index contributed by atoms with van der Waals surface area (Å²) in [5, 5.41) is 6.73. The smallest absolute Gasteiger partial charge is 0.321 e. The molecule has 0 bridgehead atoms. The van der Waals surface area contributed by atoms with Crippen LogP contribution < -0.4 is 10.6 Å². The minimum Gasteiger partial charge on any atom is -0.451 e. The Bertz CT molecular complexity index is 1030. The molecule has 0 radical (unpaired) electrons. The second kappa shape index (κ2) is 8.39. The van der Waals surface area contributed by atoms with E-state index in [1.165, 1.54) is 12.8 Å². The highest BCUT2D eigenvalue weighted by Crippen LogP contribution is 2.26. The third kappa shape index (κ3) is 4.26. The van der Waals surface area contributed by atoms with Crippen LogP contribution in [0.1, 0.15) is 41.8 Å². The fourth-order valence-electron chi connectivity index (χ4n) is 3.73. The van der Waals surface area contributed by atoms with E-state index in [2.05, 4.69) is 10.6 Å². The van der Waals surface area contributed by atoms with Crippen molar-refractivity contribution in [2.75, 3.05) is 23.7 Å². The van der Waals surface area contributed by atoms with Crippen molar-refractivity contribution in [2.24, 2.45) is 0 Å². The average molecular weight is 391 g/mol. The lowest BCUT2D eigenvalue weighted by molar-refractivity contribution is 0.0998. The standard InChI is InChI=1S/C23H25N3O3/c1-16-19-11-4-5-12-20(19)29-21(16)22(27)24-17-9-8-10-18(15-17)25-23(28)26-13-6-2-3-7-14-26/h4-5,8-12,15H,2-3,6-7,13-14H2,1H3,(H,24,27)(H,25,28). The summed E-state index contributed by atoms with van der Waals surface area (Å²) in [5.41, 5.74) is 2.75. The Morgan fingerprint density at radius 1 is 0.897 bits per heavy atom. The molecule has 29 heavy (non-hydrogen) atoms. The van der Waals surface area contributed by atoms with E-state index in [9.17, 15) is 9.59 Å². The Kier molecular flexibility index (Phi) is 5.51. The lowest BCUT2D eigenvalue weighted by atomic mass is 10.1. The van der Waals surface area contributed by atoms with E-state index < -0.39 is 0 Å². The molecule has 0 atom stereocenters. The predicted molar refractivity (Wildman–Crippen MR) is 114 cm³/mol. The summed E-state index contributed by atoms with van der Waals surface area (Å²) < 4.78 is 5.73. The first-order chi connectivity index (χ1) is 14.1. The molecule has 3 amide bonds. The van der Waals surface area contributed by atoms with Gasteiger partial charge in [0.2, 0.25) is 0 Å². The van der Waals surface area contributed by atoms with E-state index in [0.29, 0.717) is 22.7 Å². The van der Waals surface area contributed by atoms with E-state index in [1.54, 1.807) is 18.2 Å². The molecular formula is C23H25N3O3. The van der Waals surface area contributed by atoms with Crippen molar-refractivity contribution in [3.8, 4) is 0 Å². The quantitative estimate of drug-likeness (QED) is 0.628. The monoisotopic (exact) mass is 391 g/mol. The number of fused-ring (bicyclic) bond motifs is 1. The molecule has 3 aromatic rings. The number of benzene rings is 2. The Hall–Kier alpha value is -3.28. The number of likely N-dealkylation sites (tertiary alicyclic amines) is 1. The van der Waals surface area contributed by atoms with E-state index in [0.717, 1.165) is 36.9 Å². The molecule has 6 nitrogen and oxygen atoms in total. The highest BCUT2D eigenvalue weighted by molar-refractivity contribution is 6.06. The summed E-state index contributed by atoms with van der Waals surface area (Å²) >= 11 is 0. The van der Waals surface area contributed by atoms with Crippen LogP contribution in [0.25, 0.3) is 11.0 Å². The summed E-state index contributed by atoms with van der Waals surface area (Å²) in [6, 6.07) is 14.7. The van der Waals surface area contributed by atoms with Crippen LogP contribution in [0.5, 0.6) is 0 Å². The van der Waals surface area contributed by atoms with Gasteiger partial charge < -0.3 is 20.0 Å².